The van der Waals surface area contributed by atoms with Crippen LogP contribution < -0.4 is 11.1 Å². The largest absolute Gasteiger partial charge is 0.384 e. The van der Waals surface area contributed by atoms with E-state index >= 15 is 0 Å². The van der Waals surface area contributed by atoms with E-state index in [1.54, 1.807) is 7.11 Å². The van der Waals surface area contributed by atoms with Gasteiger partial charge in [-0.1, -0.05) is 6.92 Å². The Morgan fingerprint density at radius 2 is 2.10 bits per heavy atom. The molecule has 1 unspecified atom stereocenters. The molecule has 20 heavy (non-hydrogen) atoms. The maximum atomic E-state index is 11.5. The Hall–Kier alpha value is -0.650. The topological polar surface area (TPSA) is 67.6 Å². The molecule has 5 nitrogen and oxygen atoms in total. The number of carbonyl (C=O) groups is 1. The van der Waals surface area contributed by atoms with Crippen molar-refractivity contribution < 1.29 is 9.53 Å². The summed E-state index contributed by atoms with van der Waals surface area (Å²) in [5.74, 6) is 0.465. The molecular formula is C15H31N3O2. The first kappa shape index (κ1) is 17.4. The molecule has 1 aliphatic rings. The highest BCUT2D eigenvalue weighted by Crippen LogP contribution is 2.19. The number of likely N-dealkylation sites (tertiary alicyclic amines) is 1. The second kappa shape index (κ2) is 8.60. The summed E-state index contributed by atoms with van der Waals surface area (Å²) in [6.07, 6.45) is 4.23. The first-order valence-electron chi connectivity index (χ1n) is 7.78. The lowest BCUT2D eigenvalue weighted by Gasteiger charge is -2.33. The molecule has 1 atom stereocenters. The van der Waals surface area contributed by atoms with Crippen molar-refractivity contribution in [2.45, 2.75) is 45.1 Å². The van der Waals surface area contributed by atoms with Crippen molar-refractivity contribution in [1.29, 1.82) is 0 Å². The minimum absolute atomic E-state index is 0.252. The molecule has 118 valence electrons. The Labute approximate surface area is 123 Å². The van der Waals surface area contributed by atoms with Gasteiger partial charge in [-0.05, 0) is 64.7 Å². The van der Waals surface area contributed by atoms with Gasteiger partial charge in [-0.25, -0.2) is 0 Å². The Morgan fingerprint density at radius 1 is 1.45 bits per heavy atom. The van der Waals surface area contributed by atoms with Gasteiger partial charge in [0.15, 0.2) is 0 Å². The van der Waals surface area contributed by atoms with Crippen LogP contribution in [0.3, 0.4) is 0 Å². The summed E-state index contributed by atoms with van der Waals surface area (Å²) < 4.78 is 5.22. The van der Waals surface area contributed by atoms with E-state index < -0.39 is 5.54 Å². The number of nitrogens with zero attached hydrogens (tertiary/aromatic N) is 1. The van der Waals surface area contributed by atoms with Gasteiger partial charge in [0.05, 0.1) is 5.54 Å². The fraction of sp³-hybridized carbons (Fsp3) is 0.933. The SMILES string of the molecule is CCNC(C)(CCCN1CCC(COC)CC1)C(N)=O. The number of carbonyl (C=O) groups excluding carboxylic acids is 1. The zero-order valence-corrected chi connectivity index (χ0v) is 13.3. The third-order valence-corrected chi connectivity index (χ3v) is 4.37. The molecule has 1 heterocycles. The van der Waals surface area contributed by atoms with E-state index in [1.165, 1.54) is 12.8 Å². The fourth-order valence-electron chi connectivity index (χ4n) is 2.96. The molecule has 0 aromatic carbocycles. The molecule has 0 aliphatic carbocycles. The van der Waals surface area contributed by atoms with Gasteiger partial charge < -0.3 is 20.7 Å². The Bertz CT molecular complexity index is 291. The van der Waals surface area contributed by atoms with Gasteiger partial charge in [-0.2, -0.15) is 0 Å². The molecule has 1 aliphatic heterocycles. The van der Waals surface area contributed by atoms with Crippen molar-refractivity contribution >= 4 is 5.91 Å². The molecule has 1 fully saturated rings. The molecule has 0 saturated carbocycles. The van der Waals surface area contributed by atoms with Gasteiger partial charge in [-0.15, -0.1) is 0 Å². The van der Waals surface area contributed by atoms with E-state index in [4.69, 9.17) is 10.5 Å². The van der Waals surface area contributed by atoms with Gasteiger partial charge in [-0.3, -0.25) is 4.79 Å². The van der Waals surface area contributed by atoms with Crippen molar-refractivity contribution in [3.63, 3.8) is 0 Å². The summed E-state index contributed by atoms with van der Waals surface area (Å²) in [6, 6.07) is 0. The normalized spacial score (nSPS) is 20.8. The van der Waals surface area contributed by atoms with E-state index in [0.29, 0.717) is 5.92 Å². The zero-order chi connectivity index (χ0) is 15.0. The van der Waals surface area contributed by atoms with Crippen molar-refractivity contribution in [3.8, 4) is 0 Å². The number of nitrogens with two attached hydrogens (primary N) is 1. The van der Waals surface area contributed by atoms with Crippen LogP contribution in [-0.2, 0) is 9.53 Å². The second-order valence-electron chi connectivity index (χ2n) is 6.07. The molecule has 5 heteroatoms. The van der Waals surface area contributed by atoms with Crippen LogP contribution in [0, 0.1) is 5.92 Å². The lowest BCUT2D eigenvalue weighted by molar-refractivity contribution is -0.124. The van der Waals surface area contributed by atoms with E-state index in [0.717, 1.165) is 45.6 Å². The molecule has 1 rings (SSSR count). The Kier molecular flexibility index (Phi) is 7.48. The van der Waals surface area contributed by atoms with Crippen LogP contribution in [0.2, 0.25) is 0 Å². The Balaban J connectivity index is 2.25. The highest BCUT2D eigenvalue weighted by molar-refractivity contribution is 5.84. The van der Waals surface area contributed by atoms with Crippen molar-refractivity contribution in [3.05, 3.63) is 0 Å². The zero-order valence-electron chi connectivity index (χ0n) is 13.3. The summed E-state index contributed by atoms with van der Waals surface area (Å²) in [7, 11) is 1.78. The molecule has 0 bridgehead atoms. The fourth-order valence-corrected chi connectivity index (χ4v) is 2.96. The van der Waals surface area contributed by atoms with Crippen LogP contribution in [0.15, 0.2) is 0 Å². The molecule has 1 saturated heterocycles. The monoisotopic (exact) mass is 285 g/mol. The number of hydrogen-bond donors (Lipinski definition) is 2. The van der Waals surface area contributed by atoms with Crippen LogP contribution in [-0.4, -0.2) is 56.2 Å². The number of likely N-dealkylation sites (N-methyl/N-ethyl adjacent to an activating group) is 1. The molecule has 1 amide bonds. The number of hydrogen-bond acceptors (Lipinski definition) is 4. The Morgan fingerprint density at radius 3 is 2.60 bits per heavy atom. The highest BCUT2D eigenvalue weighted by atomic mass is 16.5. The minimum atomic E-state index is -0.566. The average molecular weight is 285 g/mol. The van der Waals surface area contributed by atoms with Gasteiger partial charge >= 0.3 is 0 Å². The number of amides is 1. The maximum Gasteiger partial charge on any atom is 0.237 e. The van der Waals surface area contributed by atoms with Gasteiger partial charge in [0.25, 0.3) is 0 Å². The van der Waals surface area contributed by atoms with Crippen LogP contribution in [0.5, 0.6) is 0 Å². The number of primary amides is 1. The van der Waals surface area contributed by atoms with E-state index in [2.05, 4.69) is 10.2 Å². The van der Waals surface area contributed by atoms with Crippen LogP contribution in [0.4, 0.5) is 0 Å². The standard InChI is InChI=1S/C15H31N3O2/c1-4-17-15(2,14(16)19)8-5-9-18-10-6-13(7-11-18)12-20-3/h13,17H,4-12H2,1-3H3,(H2,16,19). The minimum Gasteiger partial charge on any atom is -0.384 e. The van der Waals surface area contributed by atoms with Gasteiger partial charge in [0, 0.05) is 13.7 Å². The van der Waals surface area contributed by atoms with E-state index in [1.807, 2.05) is 13.8 Å². The smallest absolute Gasteiger partial charge is 0.237 e. The number of methoxy groups -OCH3 is 1. The first-order chi connectivity index (χ1) is 9.51. The number of rotatable bonds is 9. The van der Waals surface area contributed by atoms with Crippen molar-refractivity contribution in [1.82, 2.24) is 10.2 Å². The number of piperidine rings is 1. The van der Waals surface area contributed by atoms with Crippen LogP contribution >= 0.6 is 0 Å². The molecule has 3 N–H and O–H groups in total. The predicted molar refractivity (Wildman–Crippen MR) is 81.6 cm³/mol. The third-order valence-electron chi connectivity index (χ3n) is 4.37. The van der Waals surface area contributed by atoms with Gasteiger partial charge in [0.1, 0.15) is 0 Å². The van der Waals surface area contributed by atoms with Crippen molar-refractivity contribution in [2.24, 2.45) is 11.7 Å². The quantitative estimate of drug-likeness (QED) is 0.662. The number of ether oxygens (including phenoxy) is 1. The summed E-state index contributed by atoms with van der Waals surface area (Å²) >= 11 is 0. The van der Waals surface area contributed by atoms with Crippen LogP contribution in [0.25, 0.3) is 0 Å². The molecule has 0 radical (unpaired) electrons. The summed E-state index contributed by atoms with van der Waals surface area (Å²) in [4.78, 5) is 14.0. The lowest BCUT2D eigenvalue weighted by Crippen LogP contribution is -2.53. The van der Waals surface area contributed by atoms with Crippen molar-refractivity contribution in [2.75, 3.05) is 39.9 Å². The first-order valence-corrected chi connectivity index (χ1v) is 7.78. The second-order valence-corrected chi connectivity index (χ2v) is 6.07. The molecular weight excluding hydrogens is 254 g/mol. The molecule has 0 spiro atoms. The summed E-state index contributed by atoms with van der Waals surface area (Å²) in [6.45, 7) is 8.89. The lowest BCUT2D eigenvalue weighted by atomic mass is 9.93. The number of nitrogens with one attached hydrogen (secondary N) is 1. The summed E-state index contributed by atoms with van der Waals surface area (Å²) in [5.41, 5.74) is 4.93. The molecule has 0 aromatic rings. The van der Waals surface area contributed by atoms with Gasteiger partial charge in [0.2, 0.25) is 5.91 Å². The molecule has 0 aromatic heterocycles. The van der Waals surface area contributed by atoms with Crippen LogP contribution in [0.1, 0.15) is 39.5 Å². The predicted octanol–water partition coefficient (Wildman–Crippen LogP) is 0.979. The van der Waals surface area contributed by atoms with E-state index in [-0.39, 0.29) is 5.91 Å². The summed E-state index contributed by atoms with van der Waals surface area (Å²) in [5, 5.41) is 3.21. The highest BCUT2D eigenvalue weighted by Gasteiger charge is 2.29. The average Bonchev–Trinajstić information content (AvgIpc) is 2.41. The maximum absolute atomic E-state index is 11.5. The van der Waals surface area contributed by atoms with E-state index in [9.17, 15) is 4.79 Å². The third kappa shape index (κ3) is 5.38.